The Balaban J connectivity index is 4.40. The highest BCUT2D eigenvalue weighted by Crippen LogP contribution is 2.13. The molecular weight excluding hydrogens is 148 g/mol. The maximum absolute atomic E-state index is 12.0. The number of methoxy groups -OCH3 is 1. The van der Waals surface area contributed by atoms with Crippen molar-refractivity contribution >= 4 is 11.9 Å². The van der Waals surface area contributed by atoms with Crippen LogP contribution in [0, 0.1) is 0 Å². The molecule has 0 saturated carbocycles. The smallest absolute Gasteiger partial charge is 0.418 e. The number of primary amides is 1. The van der Waals surface area contributed by atoms with Crippen LogP contribution in [0.15, 0.2) is 0 Å². The average molecular weight is 153 g/mol. The van der Waals surface area contributed by atoms with Crippen molar-refractivity contribution in [1.82, 2.24) is 0 Å². The molecule has 0 spiro atoms. The van der Waals surface area contributed by atoms with E-state index in [2.05, 4.69) is 10.5 Å². The highest BCUT2D eigenvalue weighted by Gasteiger charge is 2.46. The number of halogens is 2. The van der Waals surface area contributed by atoms with Gasteiger partial charge in [0.05, 0.1) is 7.11 Å². The van der Waals surface area contributed by atoms with Crippen LogP contribution in [0.1, 0.15) is 0 Å². The van der Waals surface area contributed by atoms with Gasteiger partial charge in [-0.25, -0.2) is 4.79 Å². The van der Waals surface area contributed by atoms with Crippen molar-refractivity contribution in [1.29, 1.82) is 0 Å². The molecule has 0 aliphatic heterocycles. The van der Waals surface area contributed by atoms with E-state index in [1.165, 1.54) is 0 Å². The largest absolute Gasteiger partial charge is 0.464 e. The number of amides is 1. The van der Waals surface area contributed by atoms with Crippen molar-refractivity contribution in [2.24, 2.45) is 5.73 Å². The first kappa shape index (κ1) is 8.80. The topological polar surface area (TPSA) is 69.4 Å². The first-order valence-electron chi connectivity index (χ1n) is 2.19. The molecule has 0 radical (unpaired) electrons. The summed E-state index contributed by atoms with van der Waals surface area (Å²) in [6, 6.07) is 0. The Bertz CT molecular complexity index is 168. The molecule has 0 fully saturated rings. The molecule has 0 saturated heterocycles. The summed E-state index contributed by atoms with van der Waals surface area (Å²) in [4.78, 5) is 19.8. The minimum Gasteiger partial charge on any atom is -0.464 e. The van der Waals surface area contributed by atoms with Gasteiger partial charge in [-0.2, -0.15) is 8.78 Å². The highest BCUT2D eigenvalue weighted by atomic mass is 19.3. The average Bonchev–Trinajstić information content (AvgIpc) is 1.86. The molecule has 2 N–H and O–H groups in total. The number of carbonyl (C=O) groups is 2. The molecule has 0 aliphatic carbocycles. The van der Waals surface area contributed by atoms with Gasteiger partial charge in [-0.05, 0) is 0 Å². The normalized spacial score (nSPS) is 10.7. The molecule has 58 valence electrons. The van der Waals surface area contributed by atoms with E-state index in [1.807, 2.05) is 0 Å². The number of hydrogen-bond donors (Lipinski definition) is 1. The third-order valence-electron chi connectivity index (χ3n) is 0.751. The van der Waals surface area contributed by atoms with Gasteiger partial charge in [0.1, 0.15) is 0 Å². The van der Waals surface area contributed by atoms with Crippen LogP contribution >= 0.6 is 0 Å². The van der Waals surface area contributed by atoms with E-state index in [1.54, 1.807) is 0 Å². The van der Waals surface area contributed by atoms with E-state index in [-0.39, 0.29) is 0 Å². The van der Waals surface area contributed by atoms with Crippen LogP contribution in [0.2, 0.25) is 0 Å². The zero-order valence-electron chi connectivity index (χ0n) is 5.06. The van der Waals surface area contributed by atoms with Crippen LogP contribution in [-0.4, -0.2) is 24.9 Å². The van der Waals surface area contributed by atoms with E-state index >= 15 is 0 Å². The summed E-state index contributed by atoms with van der Waals surface area (Å²) in [7, 11) is 0.735. The Labute approximate surface area is 54.9 Å². The predicted octanol–water partition coefficient (Wildman–Crippen LogP) is -0.720. The molecule has 0 aromatic rings. The van der Waals surface area contributed by atoms with Crippen LogP contribution in [-0.2, 0) is 14.3 Å². The lowest BCUT2D eigenvalue weighted by Gasteiger charge is -2.07. The molecule has 4 nitrogen and oxygen atoms in total. The van der Waals surface area contributed by atoms with Gasteiger partial charge in [-0.1, -0.05) is 0 Å². The van der Waals surface area contributed by atoms with Crippen LogP contribution in [0.5, 0.6) is 0 Å². The van der Waals surface area contributed by atoms with Gasteiger partial charge in [0.2, 0.25) is 0 Å². The lowest BCUT2D eigenvalue weighted by Crippen LogP contribution is -2.43. The van der Waals surface area contributed by atoms with Gasteiger partial charge in [0.25, 0.3) is 5.91 Å². The summed E-state index contributed by atoms with van der Waals surface area (Å²) < 4.78 is 27.6. The summed E-state index contributed by atoms with van der Waals surface area (Å²) in [6.07, 6.45) is 0. The minimum absolute atomic E-state index is 0.735. The van der Waals surface area contributed by atoms with Gasteiger partial charge in [0, 0.05) is 0 Å². The number of alkyl halides is 2. The third kappa shape index (κ3) is 1.40. The number of nitrogens with two attached hydrogens (primary N) is 1. The van der Waals surface area contributed by atoms with Crippen molar-refractivity contribution in [3.05, 3.63) is 0 Å². The Morgan fingerprint density at radius 2 is 1.90 bits per heavy atom. The Morgan fingerprint density at radius 3 is 2.00 bits per heavy atom. The standard InChI is InChI=1S/C4H5F2NO3/c1-10-3(9)4(5,6)2(7)8/h1H3,(H2,7,8). The molecule has 0 unspecified atom stereocenters. The van der Waals surface area contributed by atoms with E-state index in [4.69, 9.17) is 0 Å². The SMILES string of the molecule is COC(=O)C(F)(F)C(N)=O. The van der Waals surface area contributed by atoms with Crippen LogP contribution < -0.4 is 5.73 Å². The Hall–Kier alpha value is -1.20. The summed E-state index contributed by atoms with van der Waals surface area (Å²) >= 11 is 0. The molecule has 0 atom stereocenters. The minimum atomic E-state index is -4.21. The first-order chi connectivity index (χ1) is 4.42. The quantitative estimate of drug-likeness (QED) is 0.420. The fourth-order valence-corrected chi connectivity index (χ4v) is 0.229. The monoisotopic (exact) mass is 153 g/mol. The second-order valence-corrected chi connectivity index (χ2v) is 1.43. The van der Waals surface area contributed by atoms with Crippen molar-refractivity contribution in [2.75, 3.05) is 7.11 Å². The van der Waals surface area contributed by atoms with Crippen LogP contribution in [0.3, 0.4) is 0 Å². The van der Waals surface area contributed by atoms with E-state index in [0.29, 0.717) is 0 Å². The van der Waals surface area contributed by atoms with Crippen LogP contribution in [0.4, 0.5) is 8.78 Å². The Kier molecular flexibility index (Phi) is 2.28. The fourth-order valence-electron chi connectivity index (χ4n) is 0.229. The van der Waals surface area contributed by atoms with Gasteiger partial charge >= 0.3 is 11.9 Å². The summed E-state index contributed by atoms with van der Waals surface area (Å²) in [5.41, 5.74) is 4.16. The lowest BCUT2D eigenvalue weighted by molar-refractivity contribution is -0.173. The lowest BCUT2D eigenvalue weighted by atomic mass is 10.3. The molecular formula is C4H5F2NO3. The first-order valence-corrected chi connectivity index (χ1v) is 2.19. The van der Waals surface area contributed by atoms with Crippen molar-refractivity contribution in [2.45, 2.75) is 5.92 Å². The molecule has 0 aromatic carbocycles. The maximum atomic E-state index is 12.0. The Morgan fingerprint density at radius 1 is 1.50 bits per heavy atom. The van der Waals surface area contributed by atoms with E-state index < -0.39 is 17.8 Å². The molecule has 0 aliphatic rings. The van der Waals surface area contributed by atoms with Crippen molar-refractivity contribution in [3.8, 4) is 0 Å². The van der Waals surface area contributed by atoms with Crippen LogP contribution in [0.25, 0.3) is 0 Å². The zero-order chi connectivity index (χ0) is 8.36. The number of ether oxygens (including phenoxy) is 1. The molecule has 10 heavy (non-hydrogen) atoms. The van der Waals surface area contributed by atoms with E-state index in [0.717, 1.165) is 7.11 Å². The zero-order valence-corrected chi connectivity index (χ0v) is 5.06. The molecule has 6 heteroatoms. The predicted molar refractivity (Wildman–Crippen MR) is 26.2 cm³/mol. The van der Waals surface area contributed by atoms with Crippen molar-refractivity contribution < 1.29 is 23.1 Å². The molecule has 0 aromatic heterocycles. The summed E-state index contributed by atoms with van der Waals surface area (Å²) in [6.45, 7) is 0. The molecule has 0 rings (SSSR count). The molecule has 1 amide bonds. The second-order valence-electron chi connectivity index (χ2n) is 1.43. The van der Waals surface area contributed by atoms with E-state index in [9.17, 15) is 18.4 Å². The third-order valence-corrected chi connectivity index (χ3v) is 0.751. The molecule has 0 heterocycles. The highest BCUT2D eigenvalue weighted by molar-refractivity contribution is 6.03. The summed E-state index contributed by atoms with van der Waals surface area (Å²) in [5.74, 6) is -8.17. The van der Waals surface area contributed by atoms with Gasteiger partial charge in [0.15, 0.2) is 0 Å². The van der Waals surface area contributed by atoms with Gasteiger partial charge in [-0.3, -0.25) is 4.79 Å². The second kappa shape index (κ2) is 2.59. The number of esters is 1. The van der Waals surface area contributed by atoms with Gasteiger partial charge in [-0.15, -0.1) is 0 Å². The number of carbonyl (C=O) groups excluding carboxylic acids is 2. The number of rotatable bonds is 2. The van der Waals surface area contributed by atoms with Crippen molar-refractivity contribution in [3.63, 3.8) is 0 Å². The number of hydrogen-bond acceptors (Lipinski definition) is 3. The van der Waals surface area contributed by atoms with Gasteiger partial charge < -0.3 is 10.5 Å². The summed E-state index contributed by atoms with van der Waals surface area (Å²) in [5, 5.41) is 0. The maximum Gasteiger partial charge on any atom is 0.418 e. The molecule has 0 bridgehead atoms. The fraction of sp³-hybridized carbons (Fsp3) is 0.500.